The molecule has 0 aromatic heterocycles. The smallest absolute Gasteiger partial charge is 0.410 e. The molecule has 0 saturated carbocycles. The zero-order valence-corrected chi connectivity index (χ0v) is 22.4. The maximum Gasteiger partial charge on any atom is 0.410 e. The van der Waals surface area contributed by atoms with Crippen LogP contribution in [0, 0.1) is 0 Å². The highest BCUT2D eigenvalue weighted by Crippen LogP contribution is 2.46. The van der Waals surface area contributed by atoms with Crippen molar-refractivity contribution in [3.63, 3.8) is 0 Å². The van der Waals surface area contributed by atoms with Crippen molar-refractivity contribution in [1.82, 2.24) is 4.90 Å². The number of nitrogens with zero attached hydrogens (tertiary/aromatic N) is 1. The third kappa shape index (κ3) is 6.39. The fourth-order valence-electron chi connectivity index (χ4n) is 4.26. The number of ether oxygens (including phenoxy) is 1. The zero-order chi connectivity index (χ0) is 26.3. The Labute approximate surface area is 215 Å². The molecule has 2 atom stereocenters. The minimum absolute atomic E-state index is 0.0730. The minimum atomic E-state index is -3.76. The first kappa shape index (κ1) is 27.1. The first-order chi connectivity index (χ1) is 16.1. The number of fused-ring (bicyclic) bond motifs is 1. The average Bonchev–Trinajstić information content (AvgIpc) is 2.71. The standard InChI is InChI=1S/C24H28Cl2N2O6S/c1-24(2,3)34-23(31)28(4)21-9-7-14(13-6-8-18(25)19(26)10-13)15-11-17(22(29)30)20(12-16(15)21)27-35(5,32)33/h6,8,10-12,14,21,27H,7,9H2,1-5H3,(H,29,30)/t14-,21-/m0/s1. The molecule has 3 rings (SSSR count). The Hall–Kier alpha value is -2.49. The summed E-state index contributed by atoms with van der Waals surface area (Å²) in [5.41, 5.74) is 1.14. The molecule has 8 nitrogen and oxygen atoms in total. The fourth-order valence-corrected chi connectivity index (χ4v) is 5.13. The minimum Gasteiger partial charge on any atom is -0.478 e. The van der Waals surface area contributed by atoms with Crippen molar-refractivity contribution in [3.05, 3.63) is 62.6 Å². The van der Waals surface area contributed by atoms with Crippen LogP contribution in [-0.4, -0.2) is 49.4 Å². The number of halogens is 2. The number of hydrogen-bond donors (Lipinski definition) is 2. The summed E-state index contributed by atoms with van der Waals surface area (Å²) in [6.45, 7) is 5.30. The molecular formula is C24H28Cl2N2O6S. The van der Waals surface area contributed by atoms with Gasteiger partial charge in [0.2, 0.25) is 10.0 Å². The van der Waals surface area contributed by atoms with Gasteiger partial charge >= 0.3 is 12.1 Å². The quantitative estimate of drug-likeness (QED) is 0.486. The molecule has 0 aliphatic heterocycles. The van der Waals surface area contributed by atoms with E-state index >= 15 is 0 Å². The van der Waals surface area contributed by atoms with Gasteiger partial charge in [-0.15, -0.1) is 0 Å². The van der Waals surface area contributed by atoms with Crippen LogP contribution < -0.4 is 4.72 Å². The van der Waals surface area contributed by atoms with Crippen molar-refractivity contribution in [3.8, 4) is 0 Å². The Bertz CT molecular complexity index is 1270. The van der Waals surface area contributed by atoms with E-state index < -0.39 is 33.7 Å². The highest BCUT2D eigenvalue weighted by molar-refractivity contribution is 7.92. The van der Waals surface area contributed by atoms with Crippen molar-refractivity contribution in [1.29, 1.82) is 0 Å². The summed E-state index contributed by atoms with van der Waals surface area (Å²) >= 11 is 12.3. The number of carboxylic acid groups (broad SMARTS) is 1. The molecule has 0 fully saturated rings. The van der Waals surface area contributed by atoms with Crippen LogP contribution in [0.5, 0.6) is 0 Å². The average molecular weight is 543 g/mol. The van der Waals surface area contributed by atoms with Crippen LogP contribution in [0.1, 0.15) is 72.6 Å². The predicted octanol–water partition coefficient (Wildman–Crippen LogP) is 5.90. The molecule has 0 heterocycles. The van der Waals surface area contributed by atoms with E-state index in [2.05, 4.69) is 4.72 Å². The van der Waals surface area contributed by atoms with Crippen LogP contribution in [0.15, 0.2) is 30.3 Å². The lowest BCUT2D eigenvalue weighted by atomic mass is 9.75. The number of carbonyl (C=O) groups is 2. The van der Waals surface area contributed by atoms with Crippen LogP contribution >= 0.6 is 23.2 Å². The monoisotopic (exact) mass is 542 g/mol. The molecule has 2 aromatic rings. The van der Waals surface area contributed by atoms with E-state index in [0.717, 1.165) is 11.8 Å². The molecule has 190 valence electrons. The third-order valence-electron chi connectivity index (χ3n) is 5.71. The van der Waals surface area contributed by atoms with Crippen molar-refractivity contribution in [2.75, 3.05) is 18.0 Å². The second kappa shape index (κ2) is 9.87. The SMILES string of the molecule is CN(C(=O)OC(C)(C)C)[C@H]1CC[C@@H](c2ccc(Cl)c(Cl)c2)c2cc(C(=O)O)c(NS(C)(=O)=O)cc21. The van der Waals surface area contributed by atoms with Crippen molar-refractivity contribution in [2.24, 2.45) is 0 Å². The molecule has 0 bridgehead atoms. The number of nitrogens with one attached hydrogen (secondary N) is 1. The van der Waals surface area contributed by atoms with Gasteiger partial charge in [-0.3, -0.25) is 4.72 Å². The molecule has 0 saturated heterocycles. The van der Waals surface area contributed by atoms with Gasteiger partial charge in [0.25, 0.3) is 0 Å². The lowest BCUT2D eigenvalue weighted by molar-refractivity contribution is 0.0202. The second-order valence-electron chi connectivity index (χ2n) is 9.62. The number of benzene rings is 2. The summed E-state index contributed by atoms with van der Waals surface area (Å²) < 4.78 is 31.8. The van der Waals surface area contributed by atoms with Crippen molar-refractivity contribution in [2.45, 2.75) is 51.2 Å². The van der Waals surface area contributed by atoms with Gasteiger partial charge < -0.3 is 14.7 Å². The van der Waals surface area contributed by atoms with E-state index in [9.17, 15) is 23.1 Å². The topological polar surface area (TPSA) is 113 Å². The molecule has 0 radical (unpaired) electrons. The Balaban J connectivity index is 2.20. The highest BCUT2D eigenvalue weighted by Gasteiger charge is 2.36. The molecule has 35 heavy (non-hydrogen) atoms. The predicted molar refractivity (Wildman–Crippen MR) is 136 cm³/mol. The third-order valence-corrected chi connectivity index (χ3v) is 7.04. The largest absolute Gasteiger partial charge is 0.478 e. The molecule has 11 heteroatoms. The first-order valence-corrected chi connectivity index (χ1v) is 13.5. The van der Waals surface area contributed by atoms with E-state index in [1.54, 1.807) is 40.0 Å². The summed E-state index contributed by atoms with van der Waals surface area (Å²) in [5, 5.41) is 10.6. The molecule has 0 unspecified atom stereocenters. The maximum atomic E-state index is 12.9. The molecule has 1 amide bonds. The van der Waals surface area contributed by atoms with Crippen LogP contribution in [0.3, 0.4) is 0 Å². The Kier molecular flexibility index (Phi) is 7.64. The number of rotatable bonds is 5. The number of carbonyl (C=O) groups excluding carboxylic acids is 1. The summed E-state index contributed by atoms with van der Waals surface area (Å²) in [6, 6.07) is 7.72. The molecule has 0 spiro atoms. The summed E-state index contributed by atoms with van der Waals surface area (Å²) in [6.07, 6.45) is 1.52. The summed E-state index contributed by atoms with van der Waals surface area (Å²) in [7, 11) is -2.16. The molecular weight excluding hydrogens is 515 g/mol. The van der Waals surface area contributed by atoms with Crippen LogP contribution in [0.25, 0.3) is 0 Å². The molecule has 2 N–H and O–H groups in total. The Morgan fingerprint density at radius 1 is 1.09 bits per heavy atom. The van der Waals surface area contributed by atoms with Gasteiger partial charge in [-0.1, -0.05) is 29.3 Å². The van der Waals surface area contributed by atoms with E-state index in [1.807, 2.05) is 6.07 Å². The number of hydrogen-bond acceptors (Lipinski definition) is 5. The van der Waals surface area contributed by atoms with Crippen molar-refractivity contribution < 1.29 is 27.9 Å². The fraction of sp³-hybridized carbons (Fsp3) is 0.417. The van der Waals surface area contributed by atoms with Gasteiger partial charge in [-0.05, 0) is 74.6 Å². The number of amides is 1. The Morgan fingerprint density at radius 3 is 2.29 bits per heavy atom. The van der Waals surface area contributed by atoms with E-state index in [0.29, 0.717) is 34.0 Å². The molecule has 1 aliphatic carbocycles. The summed E-state index contributed by atoms with van der Waals surface area (Å²) in [4.78, 5) is 26.4. The van der Waals surface area contributed by atoms with Crippen molar-refractivity contribution >= 4 is 51.0 Å². The van der Waals surface area contributed by atoms with E-state index in [1.165, 1.54) is 17.0 Å². The van der Waals surface area contributed by atoms with Crippen LogP contribution in [0.2, 0.25) is 10.0 Å². The normalized spacial score (nSPS) is 17.9. The number of carboxylic acids is 1. The molecule has 2 aromatic carbocycles. The maximum absolute atomic E-state index is 12.9. The zero-order valence-electron chi connectivity index (χ0n) is 20.1. The van der Waals surface area contributed by atoms with E-state index in [4.69, 9.17) is 27.9 Å². The van der Waals surface area contributed by atoms with Gasteiger partial charge in [0.05, 0.1) is 33.6 Å². The Morgan fingerprint density at radius 2 is 1.74 bits per heavy atom. The van der Waals surface area contributed by atoms with Crippen LogP contribution in [0.4, 0.5) is 10.5 Å². The highest BCUT2D eigenvalue weighted by atomic mass is 35.5. The second-order valence-corrected chi connectivity index (χ2v) is 12.2. The summed E-state index contributed by atoms with van der Waals surface area (Å²) in [5.74, 6) is -1.53. The van der Waals surface area contributed by atoms with E-state index in [-0.39, 0.29) is 17.2 Å². The van der Waals surface area contributed by atoms with Gasteiger partial charge in [0.15, 0.2) is 0 Å². The first-order valence-electron chi connectivity index (χ1n) is 10.9. The van der Waals surface area contributed by atoms with Gasteiger partial charge in [-0.25, -0.2) is 18.0 Å². The number of aromatic carboxylic acids is 1. The molecule has 1 aliphatic rings. The lowest BCUT2D eigenvalue weighted by Gasteiger charge is -2.38. The van der Waals surface area contributed by atoms with Gasteiger partial charge in [0.1, 0.15) is 5.60 Å². The van der Waals surface area contributed by atoms with Gasteiger partial charge in [-0.2, -0.15) is 0 Å². The lowest BCUT2D eigenvalue weighted by Crippen LogP contribution is -2.38. The number of anilines is 1. The van der Waals surface area contributed by atoms with Gasteiger partial charge in [0, 0.05) is 13.0 Å². The van der Waals surface area contributed by atoms with Crippen LogP contribution in [-0.2, 0) is 14.8 Å². The number of sulfonamides is 1.